The second-order valence-electron chi connectivity index (χ2n) is 13.7. The molecule has 0 radical (unpaired) electrons. The summed E-state index contributed by atoms with van der Waals surface area (Å²) in [5, 5.41) is 0. The van der Waals surface area contributed by atoms with E-state index < -0.39 is 88.1 Å². The fraction of sp³-hybridized carbons (Fsp3) is 0.600. The molecule has 0 N–H and O–H groups in total. The number of rotatable bonds is 8. The highest BCUT2D eigenvalue weighted by Crippen LogP contribution is 2.67. The molecule has 0 bridgehead atoms. The molecule has 2 fully saturated rings. The Bertz CT molecular complexity index is 1500. The quantitative estimate of drug-likeness (QED) is 0.287. The van der Waals surface area contributed by atoms with Gasteiger partial charge in [-0.1, -0.05) is 40.3 Å². The van der Waals surface area contributed by atoms with Crippen LogP contribution in [-0.4, -0.2) is 67.2 Å². The lowest BCUT2D eigenvalue weighted by Gasteiger charge is -2.62. The minimum Gasteiger partial charge on any atom is -0.472 e. The second-order valence-corrected chi connectivity index (χ2v) is 13.7. The van der Waals surface area contributed by atoms with Gasteiger partial charge in [0.05, 0.1) is 19.6 Å². The van der Waals surface area contributed by atoms with Crippen molar-refractivity contribution in [3.63, 3.8) is 0 Å². The minimum atomic E-state index is -1.59. The lowest BCUT2D eigenvalue weighted by molar-refractivity contribution is -0.232. The number of ether oxygens (including phenoxy) is 5. The van der Waals surface area contributed by atoms with E-state index in [2.05, 4.69) is 6.58 Å². The van der Waals surface area contributed by atoms with Gasteiger partial charge < -0.3 is 28.1 Å². The summed E-state index contributed by atoms with van der Waals surface area (Å²) in [5.41, 5.74) is -1.89. The van der Waals surface area contributed by atoms with Crippen LogP contribution in [0.1, 0.15) is 79.7 Å². The molecule has 0 saturated heterocycles. The van der Waals surface area contributed by atoms with Crippen molar-refractivity contribution >= 4 is 35.6 Å². The van der Waals surface area contributed by atoms with Gasteiger partial charge in [-0.2, -0.15) is 0 Å². The Morgan fingerprint density at radius 3 is 1.98 bits per heavy atom. The molecule has 2 saturated carbocycles. The van der Waals surface area contributed by atoms with Crippen LogP contribution in [0.4, 0.5) is 0 Å². The molecule has 12 nitrogen and oxygen atoms in total. The molecule has 0 aromatic carbocycles. The van der Waals surface area contributed by atoms with Gasteiger partial charge in [0.15, 0.2) is 18.0 Å². The molecule has 0 amide bonds. The molecule has 0 aliphatic heterocycles. The zero-order valence-electron chi connectivity index (χ0n) is 28.4. The summed E-state index contributed by atoms with van der Waals surface area (Å²) < 4.78 is 34.2. The molecule has 3 aliphatic carbocycles. The van der Waals surface area contributed by atoms with Crippen molar-refractivity contribution in [2.24, 2.45) is 28.1 Å². The van der Waals surface area contributed by atoms with Crippen molar-refractivity contribution in [1.29, 1.82) is 0 Å². The standard InChI is InChI=1S/C35H44O12/c1-17-23-11-12-24(22-13-14-43-16-22)34(23,8)31(46-20(4)38)28(44-18(2)36)27(17)35(9)25(15-26(40)42-10)33(6,7)30(41)29(45-19(3)37)32(35)47-21(5)39/h11,13-14,16,24-25,27-29,31-32H,1,12,15H2,2-10H3. The Hall–Kier alpha value is -4.22. The molecule has 3 aliphatic rings. The van der Waals surface area contributed by atoms with Crippen LogP contribution in [0.5, 0.6) is 0 Å². The number of methoxy groups -OCH3 is 1. The predicted molar refractivity (Wildman–Crippen MR) is 164 cm³/mol. The van der Waals surface area contributed by atoms with Gasteiger partial charge in [-0.25, -0.2) is 0 Å². The average Bonchev–Trinajstić information content (AvgIpc) is 3.61. The number of fused-ring (bicyclic) bond motifs is 1. The van der Waals surface area contributed by atoms with Crippen LogP contribution in [0.25, 0.3) is 0 Å². The van der Waals surface area contributed by atoms with Gasteiger partial charge >= 0.3 is 29.8 Å². The van der Waals surface area contributed by atoms with E-state index in [1.807, 2.05) is 19.1 Å². The van der Waals surface area contributed by atoms with E-state index in [-0.39, 0.29) is 12.3 Å². The Morgan fingerprint density at radius 2 is 1.47 bits per heavy atom. The molecule has 9 atom stereocenters. The number of ketones is 1. The number of hydrogen-bond donors (Lipinski definition) is 0. The Labute approximate surface area is 274 Å². The Kier molecular flexibility index (Phi) is 9.68. The summed E-state index contributed by atoms with van der Waals surface area (Å²) in [6, 6.07) is 1.82. The Balaban J connectivity index is 2.08. The molecular formula is C35H44O12. The topological polar surface area (TPSA) is 162 Å². The number of Topliss-reactive ketones (excluding diaryl/α,β-unsaturated/α-hetero) is 1. The second kappa shape index (κ2) is 12.8. The molecular weight excluding hydrogens is 612 g/mol. The SMILES string of the molecule is C=C1C2=CCC(c3ccoc3)C2(C)C(OC(C)=O)C(OC(C)=O)C1C1(C)C(OC(C)=O)C(OC(C)=O)C(=O)C(C)(C)C1CC(=O)OC. The van der Waals surface area contributed by atoms with E-state index in [9.17, 15) is 28.8 Å². The van der Waals surface area contributed by atoms with E-state index in [4.69, 9.17) is 28.1 Å². The number of furan rings is 1. The summed E-state index contributed by atoms with van der Waals surface area (Å²) in [6.45, 7) is 16.1. The van der Waals surface area contributed by atoms with Gasteiger partial charge in [-0.05, 0) is 35.1 Å². The number of allylic oxidation sites excluding steroid dienone is 1. The van der Waals surface area contributed by atoms with Crippen LogP contribution in [0.15, 0.2) is 46.8 Å². The molecule has 9 unspecified atom stereocenters. The smallest absolute Gasteiger partial charge is 0.305 e. The van der Waals surface area contributed by atoms with Crippen LogP contribution in [-0.2, 0) is 52.5 Å². The Morgan fingerprint density at radius 1 is 0.894 bits per heavy atom. The molecule has 1 aromatic rings. The van der Waals surface area contributed by atoms with Crippen LogP contribution in [0, 0.1) is 28.1 Å². The number of carbonyl (C=O) groups is 6. The first-order chi connectivity index (χ1) is 21.8. The van der Waals surface area contributed by atoms with Crippen molar-refractivity contribution in [3.8, 4) is 0 Å². The minimum absolute atomic E-state index is 0.280. The molecule has 1 heterocycles. The molecule has 12 heteroatoms. The monoisotopic (exact) mass is 656 g/mol. The van der Waals surface area contributed by atoms with Gasteiger partial charge in [-0.15, -0.1) is 0 Å². The van der Waals surface area contributed by atoms with Crippen LogP contribution >= 0.6 is 0 Å². The number of esters is 5. The van der Waals surface area contributed by atoms with Gasteiger partial charge in [0.2, 0.25) is 0 Å². The fourth-order valence-electron chi connectivity index (χ4n) is 8.73. The summed E-state index contributed by atoms with van der Waals surface area (Å²) in [5.74, 6) is -6.41. The van der Waals surface area contributed by atoms with Gasteiger partial charge in [0.1, 0.15) is 12.2 Å². The summed E-state index contributed by atoms with van der Waals surface area (Å²) >= 11 is 0. The first kappa shape index (κ1) is 35.6. The third kappa shape index (κ3) is 5.91. The average molecular weight is 657 g/mol. The molecule has 1 aromatic heterocycles. The van der Waals surface area contributed by atoms with Crippen molar-refractivity contribution < 1.29 is 56.9 Å². The third-order valence-electron chi connectivity index (χ3n) is 10.6. The highest BCUT2D eigenvalue weighted by molar-refractivity contribution is 5.93. The predicted octanol–water partition coefficient (Wildman–Crippen LogP) is 4.41. The highest BCUT2D eigenvalue weighted by Gasteiger charge is 2.71. The van der Waals surface area contributed by atoms with E-state index in [1.54, 1.807) is 33.3 Å². The summed E-state index contributed by atoms with van der Waals surface area (Å²) in [4.78, 5) is 78.2. The zero-order chi connectivity index (χ0) is 35.2. The van der Waals surface area contributed by atoms with E-state index in [0.717, 1.165) is 19.4 Å². The first-order valence-electron chi connectivity index (χ1n) is 15.5. The van der Waals surface area contributed by atoms with E-state index in [0.29, 0.717) is 17.6 Å². The van der Waals surface area contributed by atoms with E-state index >= 15 is 0 Å². The first-order valence-corrected chi connectivity index (χ1v) is 15.5. The summed E-state index contributed by atoms with van der Waals surface area (Å²) in [6.07, 6.45) is -0.137. The van der Waals surface area contributed by atoms with Crippen molar-refractivity contribution in [2.45, 2.75) is 98.6 Å². The number of hydrogen-bond acceptors (Lipinski definition) is 12. The van der Waals surface area contributed by atoms with Gasteiger partial charge in [-0.3, -0.25) is 28.8 Å². The maximum absolute atomic E-state index is 14.2. The molecule has 256 valence electrons. The third-order valence-corrected chi connectivity index (χ3v) is 10.6. The molecule has 4 rings (SSSR count). The van der Waals surface area contributed by atoms with Crippen LogP contribution < -0.4 is 0 Å². The normalized spacial score (nSPS) is 34.4. The maximum atomic E-state index is 14.2. The maximum Gasteiger partial charge on any atom is 0.305 e. The summed E-state index contributed by atoms with van der Waals surface area (Å²) in [7, 11) is 1.21. The van der Waals surface area contributed by atoms with Gasteiger partial charge in [0, 0.05) is 62.2 Å². The van der Waals surface area contributed by atoms with Crippen molar-refractivity contribution in [2.75, 3.05) is 7.11 Å². The van der Waals surface area contributed by atoms with E-state index in [1.165, 1.54) is 21.0 Å². The molecule has 47 heavy (non-hydrogen) atoms. The van der Waals surface area contributed by atoms with Gasteiger partial charge in [0.25, 0.3) is 0 Å². The van der Waals surface area contributed by atoms with Crippen LogP contribution in [0.3, 0.4) is 0 Å². The fourth-order valence-corrected chi connectivity index (χ4v) is 8.73. The van der Waals surface area contributed by atoms with Crippen molar-refractivity contribution in [1.82, 2.24) is 0 Å². The van der Waals surface area contributed by atoms with Crippen molar-refractivity contribution in [3.05, 3.63) is 48.0 Å². The lowest BCUT2D eigenvalue weighted by Crippen LogP contribution is -2.70. The number of carbonyl (C=O) groups excluding carboxylic acids is 6. The van der Waals surface area contributed by atoms with Crippen LogP contribution in [0.2, 0.25) is 0 Å². The highest BCUT2D eigenvalue weighted by atomic mass is 16.6. The lowest BCUT2D eigenvalue weighted by atomic mass is 9.44. The zero-order valence-corrected chi connectivity index (χ0v) is 28.4. The molecule has 0 spiro atoms. The largest absolute Gasteiger partial charge is 0.472 e.